The highest BCUT2D eigenvalue weighted by Crippen LogP contribution is 2.48. The Kier molecular flexibility index (Phi) is 7.59. The van der Waals surface area contributed by atoms with Gasteiger partial charge in [-0.25, -0.2) is 9.97 Å². The van der Waals surface area contributed by atoms with Crippen LogP contribution in [-0.4, -0.2) is 65.8 Å². The Morgan fingerprint density at radius 2 is 2.03 bits per heavy atom. The molecule has 3 aliphatic rings. The molecule has 1 aromatic carbocycles. The van der Waals surface area contributed by atoms with Crippen molar-refractivity contribution in [1.29, 1.82) is 5.26 Å². The van der Waals surface area contributed by atoms with Gasteiger partial charge in [0.15, 0.2) is 6.29 Å². The van der Waals surface area contributed by atoms with Gasteiger partial charge in [0.2, 0.25) is 11.7 Å². The predicted molar refractivity (Wildman–Crippen MR) is 141 cm³/mol. The van der Waals surface area contributed by atoms with Crippen LogP contribution in [0, 0.1) is 25.2 Å². The van der Waals surface area contributed by atoms with Crippen molar-refractivity contribution < 1.29 is 23.7 Å². The topological polar surface area (TPSA) is 145 Å². The number of amides is 1. The van der Waals surface area contributed by atoms with E-state index in [0.717, 1.165) is 24.0 Å². The van der Waals surface area contributed by atoms with Crippen molar-refractivity contribution in [2.24, 2.45) is 5.73 Å². The zero-order valence-electron chi connectivity index (χ0n) is 23.0. The normalized spacial score (nSPS) is 23.8. The van der Waals surface area contributed by atoms with Crippen molar-refractivity contribution in [1.82, 2.24) is 14.9 Å². The third kappa shape index (κ3) is 5.76. The molecule has 0 spiro atoms. The van der Waals surface area contributed by atoms with E-state index in [9.17, 15) is 10.1 Å². The number of rotatable bonds is 9. The summed E-state index contributed by atoms with van der Waals surface area (Å²) in [5, 5.41) is 13.1. The highest BCUT2D eigenvalue weighted by molar-refractivity contribution is 5.76. The highest BCUT2D eigenvalue weighted by atomic mass is 16.7. The van der Waals surface area contributed by atoms with Gasteiger partial charge in [0, 0.05) is 6.54 Å². The summed E-state index contributed by atoms with van der Waals surface area (Å²) in [5.74, 6) is -0.647. The van der Waals surface area contributed by atoms with E-state index < -0.39 is 18.0 Å². The molecule has 11 nitrogen and oxygen atoms in total. The molecular weight excluding hydrogens is 500 g/mol. The minimum absolute atomic E-state index is 0.0810. The fourth-order valence-electron chi connectivity index (χ4n) is 5.30. The van der Waals surface area contributed by atoms with E-state index in [1.165, 1.54) is 0 Å². The molecule has 208 valence electrons. The molecule has 2 aromatic rings. The quantitative estimate of drug-likeness (QED) is 0.491. The molecular formula is C28H36N6O5. The van der Waals surface area contributed by atoms with Crippen LogP contribution in [0.2, 0.25) is 0 Å². The number of aryl methyl sites for hydroxylation is 1. The first-order valence-electron chi connectivity index (χ1n) is 13.4. The van der Waals surface area contributed by atoms with Crippen LogP contribution in [0.4, 0.5) is 5.82 Å². The second-order valence-corrected chi connectivity index (χ2v) is 10.8. The number of nitrogens with two attached hydrogens (primary N) is 1. The van der Waals surface area contributed by atoms with Gasteiger partial charge in [-0.1, -0.05) is 12.1 Å². The molecule has 11 heteroatoms. The van der Waals surface area contributed by atoms with Gasteiger partial charge in [0.05, 0.1) is 61.7 Å². The number of hydrogen-bond acceptors (Lipinski definition) is 10. The van der Waals surface area contributed by atoms with Gasteiger partial charge in [-0.05, 0) is 57.7 Å². The van der Waals surface area contributed by atoms with Gasteiger partial charge >= 0.3 is 0 Å². The number of carbonyl (C=O) groups excluding carboxylic acids is 1. The van der Waals surface area contributed by atoms with Gasteiger partial charge in [-0.15, -0.1) is 0 Å². The third-order valence-electron chi connectivity index (χ3n) is 7.51. The number of primary amides is 1. The van der Waals surface area contributed by atoms with Crippen molar-refractivity contribution in [3.63, 3.8) is 0 Å². The molecule has 1 amide bonds. The second kappa shape index (κ2) is 10.8. The first kappa shape index (κ1) is 27.4. The minimum atomic E-state index is -1.28. The third-order valence-corrected chi connectivity index (χ3v) is 7.51. The second-order valence-electron chi connectivity index (χ2n) is 10.8. The van der Waals surface area contributed by atoms with E-state index >= 15 is 0 Å². The first-order chi connectivity index (χ1) is 18.6. The first-order valence-corrected chi connectivity index (χ1v) is 13.4. The van der Waals surface area contributed by atoms with Crippen LogP contribution in [0.25, 0.3) is 0 Å². The largest absolute Gasteiger partial charge is 0.369 e. The molecule has 1 unspecified atom stereocenters. The van der Waals surface area contributed by atoms with Crippen LogP contribution >= 0.6 is 0 Å². The molecule has 3 N–H and O–H groups in total. The molecule has 3 heterocycles. The minimum Gasteiger partial charge on any atom is -0.369 e. The Labute approximate surface area is 228 Å². The van der Waals surface area contributed by atoms with E-state index in [0.29, 0.717) is 54.8 Å². The zero-order chi connectivity index (χ0) is 27.8. The summed E-state index contributed by atoms with van der Waals surface area (Å²) in [6.45, 7) is 9.89. The summed E-state index contributed by atoms with van der Waals surface area (Å²) in [6, 6.07) is 7.74. The number of nitrogens with one attached hydrogen (secondary N) is 1. The molecule has 1 saturated carbocycles. The Morgan fingerprint density at radius 1 is 1.28 bits per heavy atom. The average molecular weight is 537 g/mol. The summed E-state index contributed by atoms with van der Waals surface area (Å²) in [6.07, 6.45) is 1.05. The molecule has 0 bridgehead atoms. The Hall–Kier alpha value is -3.14. The van der Waals surface area contributed by atoms with Gasteiger partial charge in [-0.2, -0.15) is 5.26 Å². The highest BCUT2D eigenvalue weighted by Gasteiger charge is 2.53. The standard InChI is InChI=1S/C28H36N6O5/c1-17-20(14-29)6-5-7-21(17)18(2)31-25-23(26-36-12-13-37-26)24(32-19(3)33-25)28(39-27(4)8-9-27)16-34(10-11-38-28)15-22(30)35/h5-7,18,26H,8-13,15-16H2,1-4H3,(H2,30,35)(H,31,32,33)/t18-,28?/m1/s1. The van der Waals surface area contributed by atoms with E-state index in [2.05, 4.69) is 11.4 Å². The number of benzene rings is 1. The molecule has 3 fully saturated rings. The Balaban J connectivity index is 1.61. The van der Waals surface area contributed by atoms with Crippen LogP contribution in [0.5, 0.6) is 0 Å². The van der Waals surface area contributed by atoms with Crippen molar-refractivity contribution >= 4 is 11.7 Å². The Morgan fingerprint density at radius 3 is 2.69 bits per heavy atom. The van der Waals surface area contributed by atoms with Crippen molar-refractivity contribution in [3.05, 3.63) is 52.0 Å². The van der Waals surface area contributed by atoms with E-state index in [1.807, 2.05) is 50.8 Å². The monoisotopic (exact) mass is 536 g/mol. The molecule has 1 aliphatic carbocycles. The molecule has 2 atom stereocenters. The molecule has 5 rings (SSSR count). The maximum atomic E-state index is 11.8. The number of carbonyl (C=O) groups is 1. The molecule has 2 aliphatic heterocycles. The van der Waals surface area contributed by atoms with Crippen LogP contribution < -0.4 is 11.1 Å². The van der Waals surface area contributed by atoms with Crippen LogP contribution in [0.15, 0.2) is 18.2 Å². The maximum absolute atomic E-state index is 11.8. The van der Waals surface area contributed by atoms with Crippen LogP contribution in [-0.2, 0) is 29.5 Å². The zero-order valence-corrected chi connectivity index (χ0v) is 23.0. The average Bonchev–Trinajstić information content (AvgIpc) is 3.35. The number of hydrogen-bond donors (Lipinski definition) is 2. The number of anilines is 1. The summed E-state index contributed by atoms with van der Waals surface area (Å²) < 4.78 is 25.2. The summed E-state index contributed by atoms with van der Waals surface area (Å²) in [5.41, 5.74) is 8.80. The molecule has 1 aromatic heterocycles. The lowest BCUT2D eigenvalue weighted by atomic mass is 9.97. The summed E-state index contributed by atoms with van der Waals surface area (Å²) in [7, 11) is 0. The molecule has 2 saturated heterocycles. The predicted octanol–water partition coefficient (Wildman–Crippen LogP) is 2.72. The van der Waals surface area contributed by atoms with E-state index in [1.54, 1.807) is 0 Å². The molecule has 0 radical (unpaired) electrons. The summed E-state index contributed by atoms with van der Waals surface area (Å²) >= 11 is 0. The lowest BCUT2D eigenvalue weighted by Crippen LogP contribution is -2.55. The lowest BCUT2D eigenvalue weighted by molar-refractivity contribution is -0.302. The van der Waals surface area contributed by atoms with Crippen molar-refractivity contribution in [3.8, 4) is 6.07 Å². The van der Waals surface area contributed by atoms with Crippen molar-refractivity contribution in [2.75, 3.05) is 44.8 Å². The SMILES string of the molecule is Cc1nc(N[C@H](C)c2cccc(C#N)c2C)c(C2OCCO2)c(C2(OC3(C)CC3)CN(CC(N)=O)CCO2)n1. The lowest BCUT2D eigenvalue weighted by Gasteiger charge is -2.44. The van der Waals surface area contributed by atoms with E-state index in [4.69, 9.17) is 34.6 Å². The number of morpholine rings is 1. The number of nitrogens with zero attached hydrogens (tertiary/aromatic N) is 4. The number of ether oxygens (including phenoxy) is 4. The smallest absolute Gasteiger partial charge is 0.231 e. The van der Waals surface area contributed by atoms with E-state index in [-0.39, 0.29) is 24.7 Å². The van der Waals surface area contributed by atoms with Crippen molar-refractivity contribution in [2.45, 2.75) is 64.3 Å². The maximum Gasteiger partial charge on any atom is 0.231 e. The van der Waals surface area contributed by atoms with Gasteiger partial charge in [0.1, 0.15) is 17.3 Å². The van der Waals surface area contributed by atoms with Gasteiger partial charge < -0.3 is 30.0 Å². The fraction of sp³-hybridized carbons (Fsp3) is 0.571. The van der Waals surface area contributed by atoms with Crippen LogP contribution in [0.1, 0.15) is 72.8 Å². The number of nitriles is 1. The molecule has 39 heavy (non-hydrogen) atoms. The van der Waals surface area contributed by atoms with Crippen LogP contribution in [0.3, 0.4) is 0 Å². The Bertz CT molecular complexity index is 1290. The number of aromatic nitrogens is 2. The van der Waals surface area contributed by atoms with Gasteiger partial charge in [0.25, 0.3) is 0 Å². The fourth-order valence-corrected chi connectivity index (χ4v) is 5.30. The van der Waals surface area contributed by atoms with Gasteiger partial charge in [-0.3, -0.25) is 9.69 Å². The summed E-state index contributed by atoms with van der Waals surface area (Å²) in [4.78, 5) is 23.4.